The quantitative estimate of drug-likeness (QED) is 0.660. The lowest BCUT2D eigenvalue weighted by Crippen LogP contribution is -2.43. The van der Waals surface area contributed by atoms with E-state index in [-0.39, 0.29) is 17.6 Å². The molecule has 0 saturated carbocycles. The van der Waals surface area contributed by atoms with Gasteiger partial charge in [0.05, 0.1) is 28.8 Å². The Morgan fingerprint density at radius 1 is 1.26 bits per heavy atom. The number of nitrogens with zero attached hydrogens (tertiary/aromatic N) is 3. The third-order valence-corrected chi connectivity index (χ3v) is 4.81. The third-order valence-electron chi connectivity index (χ3n) is 4.81. The molecule has 2 aromatic heterocycles. The van der Waals surface area contributed by atoms with Crippen molar-refractivity contribution in [1.29, 1.82) is 0 Å². The van der Waals surface area contributed by atoms with Gasteiger partial charge in [0, 0.05) is 30.7 Å². The number of hydrogen-bond acceptors (Lipinski definition) is 6. The number of nitrogen functional groups attached to an aromatic ring is 1. The summed E-state index contributed by atoms with van der Waals surface area (Å²) in [7, 11) is 0. The summed E-state index contributed by atoms with van der Waals surface area (Å²) >= 11 is 0. The van der Waals surface area contributed by atoms with E-state index in [1.54, 1.807) is 18.5 Å². The Labute approximate surface area is 157 Å². The summed E-state index contributed by atoms with van der Waals surface area (Å²) in [5.74, 6) is -0.353. The van der Waals surface area contributed by atoms with Crippen LogP contribution < -0.4 is 21.7 Å². The second kappa shape index (κ2) is 7.20. The summed E-state index contributed by atoms with van der Waals surface area (Å²) in [5.41, 5.74) is 15.0. The van der Waals surface area contributed by atoms with Crippen molar-refractivity contribution in [3.63, 3.8) is 0 Å². The Kier molecular flexibility index (Phi) is 4.60. The van der Waals surface area contributed by atoms with E-state index in [1.165, 1.54) is 0 Å². The number of carbonyl (C=O) groups excluding carboxylic acids is 1. The van der Waals surface area contributed by atoms with Crippen molar-refractivity contribution in [3.05, 3.63) is 54.5 Å². The predicted molar refractivity (Wildman–Crippen MR) is 108 cm³/mol. The second-order valence-electron chi connectivity index (χ2n) is 6.81. The van der Waals surface area contributed by atoms with Gasteiger partial charge in [0.1, 0.15) is 0 Å². The molecule has 1 aliphatic rings. The predicted octanol–water partition coefficient (Wildman–Crippen LogP) is 2.39. The minimum atomic E-state index is -0.353. The van der Waals surface area contributed by atoms with Crippen LogP contribution >= 0.6 is 0 Å². The Balaban J connectivity index is 1.63. The Hall–Kier alpha value is -3.19. The van der Waals surface area contributed by atoms with Crippen molar-refractivity contribution in [1.82, 2.24) is 9.97 Å². The van der Waals surface area contributed by atoms with E-state index in [0.29, 0.717) is 11.4 Å². The zero-order chi connectivity index (χ0) is 18.8. The molecule has 3 heterocycles. The van der Waals surface area contributed by atoms with Crippen molar-refractivity contribution in [3.8, 4) is 0 Å². The molecule has 0 unspecified atom stereocenters. The van der Waals surface area contributed by atoms with Crippen LogP contribution in [0.25, 0.3) is 10.9 Å². The number of benzene rings is 1. The van der Waals surface area contributed by atoms with Gasteiger partial charge in [-0.3, -0.25) is 9.78 Å². The Morgan fingerprint density at radius 3 is 2.96 bits per heavy atom. The lowest BCUT2D eigenvalue weighted by Gasteiger charge is -2.33. The average molecular weight is 362 g/mol. The van der Waals surface area contributed by atoms with Crippen LogP contribution in [-0.4, -0.2) is 35.0 Å². The molecule has 27 heavy (non-hydrogen) atoms. The molecule has 7 nitrogen and oxygen atoms in total. The summed E-state index contributed by atoms with van der Waals surface area (Å²) < 4.78 is 0. The van der Waals surface area contributed by atoms with Gasteiger partial charge in [-0.05, 0) is 31.0 Å². The molecular weight excluding hydrogens is 340 g/mol. The molecule has 1 saturated heterocycles. The summed E-state index contributed by atoms with van der Waals surface area (Å²) in [6.45, 7) is 1.65. The molecule has 1 amide bonds. The van der Waals surface area contributed by atoms with E-state index in [2.05, 4.69) is 20.2 Å². The lowest BCUT2D eigenvalue weighted by atomic mass is 10.1. The molecule has 0 spiro atoms. The van der Waals surface area contributed by atoms with Gasteiger partial charge in [0.2, 0.25) is 0 Å². The molecule has 138 valence electrons. The topological polar surface area (TPSA) is 110 Å². The molecule has 1 aromatic carbocycles. The molecule has 0 radical (unpaired) electrons. The van der Waals surface area contributed by atoms with E-state index in [1.807, 2.05) is 30.3 Å². The van der Waals surface area contributed by atoms with Crippen LogP contribution in [0.5, 0.6) is 0 Å². The van der Waals surface area contributed by atoms with E-state index in [0.717, 1.165) is 42.5 Å². The molecule has 7 heteroatoms. The lowest BCUT2D eigenvalue weighted by molar-refractivity contribution is 0.102. The zero-order valence-electron chi connectivity index (χ0n) is 14.9. The Bertz CT molecular complexity index is 989. The van der Waals surface area contributed by atoms with Gasteiger partial charge < -0.3 is 21.7 Å². The number of aromatic nitrogens is 2. The number of piperidine rings is 1. The Morgan fingerprint density at radius 2 is 2.11 bits per heavy atom. The van der Waals surface area contributed by atoms with E-state index in [4.69, 9.17) is 11.5 Å². The molecule has 0 aliphatic carbocycles. The minimum absolute atomic E-state index is 0.133. The fourth-order valence-corrected chi connectivity index (χ4v) is 3.48. The van der Waals surface area contributed by atoms with Crippen molar-refractivity contribution in [2.75, 3.05) is 29.0 Å². The molecule has 0 bridgehead atoms. The highest BCUT2D eigenvalue weighted by Crippen LogP contribution is 2.28. The van der Waals surface area contributed by atoms with E-state index in [9.17, 15) is 4.79 Å². The number of nitrogens with one attached hydrogen (secondary N) is 1. The van der Waals surface area contributed by atoms with Crippen LogP contribution in [0.2, 0.25) is 0 Å². The van der Waals surface area contributed by atoms with Crippen molar-refractivity contribution >= 4 is 33.9 Å². The van der Waals surface area contributed by atoms with Gasteiger partial charge >= 0.3 is 0 Å². The fraction of sp³-hybridized carbons (Fsp3) is 0.250. The largest absolute Gasteiger partial charge is 0.397 e. The summed E-state index contributed by atoms with van der Waals surface area (Å²) in [4.78, 5) is 23.6. The number of pyridine rings is 2. The third kappa shape index (κ3) is 3.54. The number of rotatable bonds is 3. The van der Waals surface area contributed by atoms with Crippen LogP contribution in [0.4, 0.5) is 17.1 Å². The summed E-state index contributed by atoms with van der Waals surface area (Å²) in [6.07, 6.45) is 5.40. The van der Waals surface area contributed by atoms with Gasteiger partial charge in [-0.2, -0.15) is 0 Å². The smallest absolute Gasteiger partial charge is 0.276 e. The van der Waals surface area contributed by atoms with E-state index < -0.39 is 0 Å². The molecule has 3 aromatic rings. The van der Waals surface area contributed by atoms with Gasteiger partial charge in [-0.15, -0.1) is 0 Å². The SMILES string of the molecule is Nc1cc2ccccc2nc1C(=O)Nc1cnccc1N1CCC[C@H](N)C1. The van der Waals surface area contributed by atoms with Crippen molar-refractivity contribution in [2.24, 2.45) is 5.73 Å². The fourth-order valence-electron chi connectivity index (χ4n) is 3.48. The van der Waals surface area contributed by atoms with Crippen molar-refractivity contribution < 1.29 is 4.79 Å². The minimum Gasteiger partial charge on any atom is -0.397 e. The van der Waals surface area contributed by atoms with Gasteiger partial charge in [-0.1, -0.05) is 18.2 Å². The number of fused-ring (bicyclic) bond motifs is 1. The highest BCUT2D eigenvalue weighted by molar-refractivity contribution is 6.09. The number of para-hydroxylation sites is 1. The highest BCUT2D eigenvalue weighted by Gasteiger charge is 2.21. The first-order chi connectivity index (χ1) is 13.1. The highest BCUT2D eigenvalue weighted by atomic mass is 16.1. The molecule has 1 atom stereocenters. The number of nitrogens with two attached hydrogens (primary N) is 2. The molecule has 1 aliphatic heterocycles. The summed E-state index contributed by atoms with van der Waals surface area (Å²) in [6, 6.07) is 11.4. The first kappa shape index (κ1) is 17.2. The molecule has 1 fully saturated rings. The van der Waals surface area contributed by atoms with Crippen molar-refractivity contribution in [2.45, 2.75) is 18.9 Å². The van der Waals surface area contributed by atoms with Gasteiger partial charge in [-0.25, -0.2) is 4.98 Å². The maximum atomic E-state index is 12.9. The normalized spacial score (nSPS) is 17.1. The first-order valence-corrected chi connectivity index (χ1v) is 9.03. The standard InChI is InChI=1S/C20H22N6O/c21-14-5-3-9-26(12-14)18-7-8-23-11-17(18)25-20(27)19-15(22)10-13-4-1-2-6-16(13)24-19/h1-2,4,6-8,10-11,14H,3,5,9,12,21-22H2,(H,25,27)/t14-/m0/s1. The van der Waals surface area contributed by atoms with Crippen LogP contribution in [0.15, 0.2) is 48.8 Å². The maximum absolute atomic E-state index is 12.9. The summed E-state index contributed by atoms with van der Waals surface area (Å²) in [5, 5.41) is 3.82. The number of carbonyl (C=O) groups is 1. The first-order valence-electron chi connectivity index (χ1n) is 9.03. The zero-order valence-corrected chi connectivity index (χ0v) is 14.9. The second-order valence-corrected chi connectivity index (χ2v) is 6.81. The van der Waals surface area contributed by atoms with Crippen LogP contribution in [-0.2, 0) is 0 Å². The number of amides is 1. The maximum Gasteiger partial charge on any atom is 0.276 e. The molecule has 5 N–H and O–H groups in total. The van der Waals surface area contributed by atoms with E-state index >= 15 is 0 Å². The van der Waals surface area contributed by atoms with Crippen LogP contribution in [0.3, 0.4) is 0 Å². The molecule has 4 rings (SSSR count). The average Bonchev–Trinajstić information content (AvgIpc) is 2.68. The van der Waals surface area contributed by atoms with Crippen LogP contribution in [0.1, 0.15) is 23.3 Å². The van der Waals surface area contributed by atoms with Crippen LogP contribution in [0, 0.1) is 0 Å². The van der Waals surface area contributed by atoms with Gasteiger partial charge in [0.25, 0.3) is 5.91 Å². The number of anilines is 3. The number of hydrogen-bond donors (Lipinski definition) is 3. The molecular formula is C20H22N6O. The van der Waals surface area contributed by atoms with Gasteiger partial charge in [0.15, 0.2) is 5.69 Å². The monoisotopic (exact) mass is 362 g/mol.